The molecule has 1 saturated heterocycles. The fourth-order valence-electron chi connectivity index (χ4n) is 2.88. The number of ether oxygens (including phenoxy) is 1. The zero-order valence-electron chi connectivity index (χ0n) is 16.5. The van der Waals surface area contributed by atoms with Crippen LogP contribution in [-0.4, -0.2) is 34.7 Å². The Morgan fingerprint density at radius 2 is 1.97 bits per heavy atom. The molecule has 1 aliphatic heterocycles. The number of benzene rings is 2. The number of thiocarbonyl (C=S) groups is 1. The molecule has 0 atom stereocenters. The Bertz CT molecular complexity index is 1000. The van der Waals surface area contributed by atoms with Crippen LogP contribution in [0.5, 0.6) is 5.75 Å². The summed E-state index contributed by atoms with van der Waals surface area (Å²) < 4.78 is 5.79. The maximum absolute atomic E-state index is 12.7. The molecule has 2 aromatic rings. The first-order valence-corrected chi connectivity index (χ1v) is 10.4. The van der Waals surface area contributed by atoms with Crippen LogP contribution in [0.15, 0.2) is 47.4 Å². The number of nitrogens with one attached hydrogen (secondary N) is 1. The van der Waals surface area contributed by atoms with E-state index in [9.17, 15) is 9.59 Å². The number of carbonyl (C=O) groups is 2. The van der Waals surface area contributed by atoms with E-state index in [2.05, 4.69) is 5.32 Å². The highest BCUT2D eigenvalue weighted by Gasteiger charge is 2.32. The molecule has 0 unspecified atom stereocenters. The largest absolute Gasteiger partial charge is 0.496 e. The van der Waals surface area contributed by atoms with Gasteiger partial charge in [-0.2, -0.15) is 0 Å². The number of carbonyl (C=O) groups excluding carboxylic acids is 2. The molecule has 7 heteroatoms. The molecule has 0 bridgehead atoms. The average Bonchev–Trinajstić information content (AvgIpc) is 2.96. The van der Waals surface area contributed by atoms with Gasteiger partial charge in [0.1, 0.15) is 10.1 Å². The van der Waals surface area contributed by atoms with Crippen molar-refractivity contribution in [3.63, 3.8) is 0 Å². The highest BCUT2D eigenvalue weighted by atomic mass is 32.2. The molecule has 3 rings (SSSR count). The summed E-state index contributed by atoms with van der Waals surface area (Å²) in [5, 5.41) is 2.87. The number of amides is 2. The minimum atomic E-state index is -0.190. The van der Waals surface area contributed by atoms with Gasteiger partial charge in [-0.3, -0.25) is 14.5 Å². The standard InChI is InChI=1S/C22H22N2O3S2/c1-14-8-9-17(12-15(14)2)23-20(25)10-11-24-21(26)19(29-22(24)28)13-16-6-4-5-7-18(16)27-3/h4-9,12-13H,10-11H2,1-3H3,(H,23,25). The molecule has 0 radical (unpaired) electrons. The molecule has 1 heterocycles. The van der Waals surface area contributed by atoms with Crippen LogP contribution in [0.4, 0.5) is 5.69 Å². The molecule has 2 amide bonds. The van der Waals surface area contributed by atoms with Crippen LogP contribution in [-0.2, 0) is 9.59 Å². The predicted molar refractivity (Wildman–Crippen MR) is 122 cm³/mol. The van der Waals surface area contributed by atoms with Crippen LogP contribution in [0.3, 0.4) is 0 Å². The lowest BCUT2D eigenvalue weighted by Crippen LogP contribution is -2.31. The van der Waals surface area contributed by atoms with Gasteiger partial charge in [-0.15, -0.1) is 0 Å². The predicted octanol–water partition coefficient (Wildman–Crippen LogP) is 4.54. The van der Waals surface area contributed by atoms with Gasteiger partial charge in [-0.1, -0.05) is 48.2 Å². The summed E-state index contributed by atoms with van der Waals surface area (Å²) >= 11 is 6.59. The number of anilines is 1. The van der Waals surface area contributed by atoms with Crippen molar-refractivity contribution in [2.75, 3.05) is 19.0 Å². The van der Waals surface area contributed by atoms with Gasteiger partial charge in [0.2, 0.25) is 5.91 Å². The van der Waals surface area contributed by atoms with Crippen molar-refractivity contribution < 1.29 is 14.3 Å². The molecule has 0 saturated carbocycles. The number of thioether (sulfide) groups is 1. The quantitative estimate of drug-likeness (QED) is 0.543. The summed E-state index contributed by atoms with van der Waals surface area (Å²) in [4.78, 5) is 27.0. The maximum Gasteiger partial charge on any atom is 0.266 e. The second-order valence-corrected chi connectivity index (χ2v) is 8.35. The highest BCUT2D eigenvalue weighted by molar-refractivity contribution is 8.26. The van der Waals surface area contributed by atoms with Gasteiger partial charge < -0.3 is 10.1 Å². The molecule has 1 N–H and O–H groups in total. The average molecular weight is 427 g/mol. The van der Waals surface area contributed by atoms with Crippen molar-refractivity contribution in [3.8, 4) is 5.75 Å². The number of methoxy groups -OCH3 is 1. The number of nitrogens with zero attached hydrogens (tertiary/aromatic N) is 1. The lowest BCUT2D eigenvalue weighted by atomic mass is 10.1. The number of aryl methyl sites for hydroxylation is 2. The summed E-state index contributed by atoms with van der Waals surface area (Å²) in [5.74, 6) is 0.339. The van der Waals surface area contributed by atoms with E-state index in [1.54, 1.807) is 13.2 Å². The van der Waals surface area contributed by atoms with Crippen molar-refractivity contribution in [3.05, 3.63) is 64.1 Å². The van der Waals surface area contributed by atoms with Gasteiger partial charge in [0.15, 0.2) is 0 Å². The van der Waals surface area contributed by atoms with E-state index in [0.29, 0.717) is 15.0 Å². The Balaban J connectivity index is 1.63. The third kappa shape index (κ3) is 5.05. The second kappa shape index (κ2) is 9.24. The molecular weight excluding hydrogens is 404 g/mol. The zero-order valence-corrected chi connectivity index (χ0v) is 18.2. The fourth-order valence-corrected chi connectivity index (χ4v) is 4.18. The molecule has 150 valence electrons. The smallest absolute Gasteiger partial charge is 0.266 e. The van der Waals surface area contributed by atoms with Gasteiger partial charge in [0.05, 0.1) is 12.0 Å². The maximum atomic E-state index is 12.7. The van der Waals surface area contributed by atoms with E-state index >= 15 is 0 Å². The lowest BCUT2D eigenvalue weighted by Gasteiger charge is -2.14. The Morgan fingerprint density at radius 1 is 1.21 bits per heavy atom. The van der Waals surface area contributed by atoms with Gasteiger partial charge in [-0.25, -0.2) is 0 Å². The van der Waals surface area contributed by atoms with Crippen molar-refractivity contribution >= 4 is 51.9 Å². The van der Waals surface area contributed by atoms with E-state index < -0.39 is 0 Å². The van der Waals surface area contributed by atoms with Gasteiger partial charge >= 0.3 is 0 Å². The van der Waals surface area contributed by atoms with Crippen molar-refractivity contribution in [1.82, 2.24) is 4.90 Å². The summed E-state index contributed by atoms with van der Waals surface area (Å²) in [5.41, 5.74) is 3.84. The normalized spacial score (nSPS) is 15.1. The molecule has 0 aromatic heterocycles. The molecule has 5 nitrogen and oxygen atoms in total. The first kappa shape index (κ1) is 21.1. The number of rotatable bonds is 6. The summed E-state index contributed by atoms with van der Waals surface area (Å²) in [6.45, 7) is 4.26. The first-order valence-electron chi connectivity index (χ1n) is 9.14. The van der Waals surface area contributed by atoms with Gasteiger partial charge in [0.25, 0.3) is 5.91 Å². The molecular formula is C22H22N2O3S2. The summed E-state index contributed by atoms with van der Waals surface area (Å²) in [6, 6.07) is 13.2. The van der Waals surface area contributed by atoms with Crippen LogP contribution in [0.2, 0.25) is 0 Å². The summed E-state index contributed by atoms with van der Waals surface area (Å²) in [6.07, 6.45) is 1.94. The topological polar surface area (TPSA) is 58.6 Å². The minimum absolute atomic E-state index is 0.156. The van der Waals surface area contributed by atoms with Gasteiger partial charge in [-0.05, 0) is 49.2 Å². The SMILES string of the molecule is COc1ccccc1C=C1SC(=S)N(CCC(=O)Nc2ccc(C)c(C)c2)C1=O. The fraction of sp³-hybridized carbons (Fsp3) is 0.227. The second-order valence-electron chi connectivity index (χ2n) is 6.67. The molecule has 0 aliphatic carbocycles. The Morgan fingerprint density at radius 3 is 2.69 bits per heavy atom. The van der Waals surface area contributed by atoms with Crippen molar-refractivity contribution in [2.24, 2.45) is 0 Å². The molecule has 29 heavy (non-hydrogen) atoms. The molecule has 2 aromatic carbocycles. The first-order chi connectivity index (χ1) is 13.9. The van der Waals surface area contributed by atoms with E-state index in [0.717, 1.165) is 16.8 Å². The van der Waals surface area contributed by atoms with Crippen LogP contribution in [0, 0.1) is 13.8 Å². The Hall–Kier alpha value is -2.64. The van der Waals surface area contributed by atoms with Crippen LogP contribution < -0.4 is 10.1 Å². The van der Waals surface area contributed by atoms with Crippen molar-refractivity contribution in [1.29, 1.82) is 0 Å². The minimum Gasteiger partial charge on any atom is -0.496 e. The van der Waals surface area contributed by atoms with E-state index in [1.165, 1.54) is 22.2 Å². The van der Waals surface area contributed by atoms with Crippen LogP contribution >= 0.6 is 24.0 Å². The molecule has 0 spiro atoms. The molecule has 1 fully saturated rings. The third-order valence-corrected chi connectivity index (χ3v) is 6.03. The van der Waals surface area contributed by atoms with E-state index in [4.69, 9.17) is 17.0 Å². The Kier molecular flexibility index (Phi) is 6.71. The lowest BCUT2D eigenvalue weighted by molar-refractivity contribution is -0.122. The number of para-hydroxylation sites is 1. The monoisotopic (exact) mass is 426 g/mol. The summed E-state index contributed by atoms with van der Waals surface area (Å²) in [7, 11) is 1.59. The van der Waals surface area contributed by atoms with E-state index in [1.807, 2.05) is 56.3 Å². The van der Waals surface area contributed by atoms with Gasteiger partial charge in [0, 0.05) is 24.2 Å². The highest BCUT2D eigenvalue weighted by Crippen LogP contribution is 2.34. The third-order valence-electron chi connectivity index (χ3n) is 4.65. The van der Waals surface area contributed by atoms with Crippen LogP contribution in [0.1, 0.15) is 23.1 Å². The zero-order chi connectivity index (χ0) is 21.0. The van der Waals surface area contributed by atoms with Crippen LogP contribution in [0.25, 0.3) is 6.08 Å². The molecule has 1 aliphatic rings. The number of hydrogen-bond acceptors (Lipinski definition) is 5. The Labute approximate surface area is 180 Å². The van der Waals surface area contributed by atoms with Crippen molar-refractivity contribution in [2.45, 2.75) is 20.3 Å². The number of hydrogen-bond donors (Lipinski definition) is 1. The van der Waals surface area contributed by atoms with E-state index in [-0.39, 0.29) is 24.8 Å².